The minimum Gasteiger partial charge on any atom is -0.298 e. The molecule has 0 heterocycles. The van der Waals surface area contributed by atoms with Gasteiger partial charge in [-0.25, -0.2) is 4.39 Å². The van der Waals surface area contributed by atoms with Crippen molar-refractivity contribution in [3.05, 3.63) is 0 Å². The van der Waals surface area contributed by atoms with E-state index in [1.54, 1.807) is 0 Å². The fourth-order valence-electron chi connectivity index (χ4n) is 5.71. The van der Waals surface area contributed by atoms with E-state index >= 15 is 4.39 Å². The maximum Gasteiger partial charge on any atom is 0.151 e. The lowest BCUT2D eigenvalue weighted by atomic mass is 9.42. The lowest BCUT2D eigenvalue weighted by Crippen LogP contribution is -2.69. The molecule has 0 unspecified atom stereocenters. The molecule has 22 heavy (non-hydrogen) atoms. The van der Waals surface area contributed by atoms with Crippen molar-refractivity contribution >= 4 is 5.78 Å². The van der Waals surface area contributed by atoms with Crippen LogP contribution in [-0.2, 0) is 4.79 Å². The van der Waals surface area contributed by atoms with Gasteiger partial charge in [0.1, 0.15) is 6.17 Å². The summed E-state index contributed by atoms with van der Waals surface area (Å²) in [7, 11) is 0. The molecule has 126 valence electrons. The first-order valence-electron chi connectivity index (χ1n) is 9.78. The average molecular weight is 308 g/mol. The molecule has 3 fully saturated rings. The van der Waals surface area contributed by atoms with Gasteiger partial charge < -0.3 is 0 Å². The number of halogens is 1. The van der Waals surface area contributed by atoms with Crippen LogP contribution in [0.2, 0.25) is 0 Å². The SMILES string of the molecule is CCCCC1CC[C@]2(CC1)C(=O)[C@@]1(CCC(CC)CC1)[C@H]2F. The van der Waals surface area contributed by atoms with E-state index in [1.165, 1.54) is 25.7 Å². The first-order chi connectivity index (χ1) is 10.6. The van der Waals surface area contributed by atoms with Crippen LogP contribution in [0.15, 0.2) is 0 Å². The number of carbonyl (C=O) groups excluding carboxylic acids is 1. The van der Waals surface area contributed by atoms with Gasteiger partial charge in [0, 0.05) is 0 Å². The molecular formula is C20H33FO. The third-order valence-electron chi connectivity index (χ3n) is 7.41. The van der Waals surface area contributed by atoms with E-state index < -0.39 is 17.0 Å². The molecule has 0 aliphatic heterocycles. The van der Waals surface area contributed by atoms with Gasteiger partial charge in [0.25, 0.3) is 0 Å². The molecule has 0 aromatic rings. The van der Waals surface area contributed by atoms with Crippen LogP contribution in [0.4, 0.5) is 4.39 Å². The molecule has 3 aliphatic rings. The Morgan fingerprint density at radius 2 is 1.45 bits per heavy atom. The summed E-state index contributed by atoms with van der Waals surface area (Å²) in [5.41, 5.74) is -1.11. The zero-order chi connectivity index (χ0) is 15.8. The second-order valence-electron chi connectivity index (χ2n) is 8.44. The standard InChI is InChI=1S/C20H33FO/c1-3-5-6-16-9-13-20(14-10-16)17(21)19(18(20)22)11-7-15(4-2)8-12-19/h15-17H,3-14H2,1-2H3/t15?,16?,17-,19-,20-/m1/s1. The molecule has 0 amide bonds. The Labute approximate surface area is 135 Å². The number of hydrogen-bond acceptors (Lipinski definition) is 1. The van der Waals surface area contributed by atoms with Crippen molar-refractivity contribution in [3.8, 4) is 0 Å². The van der Waals surface area contributed by atoms with E-state index in [2.05, 4.69) is 13.8 Å². The summed E-state index contributed by atoms with van der Waals surface area (Å²) in [5.74, 6) is 1.81. The van der Waals surface area contributed by atoms with E-state index in [-0.39, 0.29) is 0 Å². The van der Waals surface area contributed by atoms with Gasteiger partial charge in [-0.2, -0.15) is 0 Å². The maximum absolute atomic E-state index is 15.2. The van der Waals surface area contributed by atoms with Crippen LogP contribution in [0.3, 0.4) is 0 Å². The van der Waals surface area contributed by atoms with Crippen LogP contribution >= 0.6 is 0 Å². The minimum atomic E-state index is -0.836. The summed E-state index contributed by atoms with van der Waals surface area (Å²) in [6.07, 6.45) is 11.8. The monoisotopic (exact) mass is 308 g/mol. The molecule has 3 aliphatic carbocycles. The largest absolute Gasteiger partial charge is 0.298 e. The highest BCUT2D eigenvalue weighted by Gasteiger charge is 2.71. The van der Waals surface area contributed by atoms with Gasteiger partial charge in [0.05, 0.1) is 10.8 Å². The fraction of sp³-hybridized carbons (Fsp3) is 0.950. The van der Waals surface area contributed by atoms with Crippen LogP contribution < -0.4 is 0 Å². The summed E-state index contributed by atoms with van der Waals surface area (Å²) in [6.45, 7) is 4.45. The highest BCUT2D eigenvalue weighted by atomic mass is 19.1. The summed E-state index contributed by atoms with van der Waals surface area (Å²) < 4.78 is 15.2. The Bertz CT molecular complexity index is 400. The quantitative estimate of drug-likeness (QED) is 0.635. The number of Topliss-reactive ketones (excluding diaryl/α,β-unsaturated/α-hetero) is 1. The minimum absolute atomic E-state index is 0.330. The van der Waals surface area contributed by atoms with Gasteiger partial charge >= 0.3 is 0 Å². The molecule has 3 saturated carbocycles. The molecule has 0 bridgehead atoms. The number of alkyl halides is 1. The summed E-state index contributed by atoms with van der Waals surface area (Å²) in [4.78, 5) is 13.0. The molecule has 0 aromatic carbocycles. The van der Waals surface area contributed by atoms with E-state index in [0.717, 1.165) is 63.2 Å². The number of rotatable bonds is 4. The van der Waals surface area contributed by atoms with Crippen molar-refractivity contribution in [1.29, 1.82) is 0 Å². The Balaban J connectivity index is 1.61. The third kappa shape index (κ3) is 2.36. The van der Waals surface area contributed by atoms with Crippen LogP contribution in [0, 0.1) is 22.7 Å². The summed E-state index contributed by atoms with van der Waals surface area (Å²) >= 11 is 0. The zero-order valence-corrected chi connectivity index (χ0v) is 14.5. The molecule has 3 rings (SSSR count). The fourth-order valence-corrected chi connectivity index (χ4v) is 5.71. The number of carbonyl (C=O) groups is 1. The smallest absolute Gasteiger partial charge is 0.151 e. The Hall–Kier alpha value is -0.400. The van der Waals surface area contributed by atoms with E-state index in [9.17, 15) is 4.79 Å². The highest BCUT2D eigenvalue weighted by Crippen LogP contribution is 2.65. The number of ketones is 1. The van der Waals surface area contributed by atoms with Gasteiger partial charge in [-0.15, -0.1) is 0 Å². The van der Waals surface area contributed by atoms with Gasteiger partial charge in [-0.3, -0.25) is 4.79 Å². The van der Waals surface area contributed by atoms with Gasteiger partial charge in [-0.1, -0.05) is 39.5 Å². The molecule has 0 radical (unpaired) electrons. The van der Waals surface area contributed by atoms with Gasteiger partial charge in [-0.05, 0) is 63.2 Å². The van der Waals surface area contributed by atoms with Gasteiger partial charge in [0.15, 0.2) is 5.78 Å². The Morgan fingerprint density at radius 3 is 1.86 bits per heavy atom. The first-order valence-corrected chi connectivity index (χ1v) is 9.78. The van der Waals surface area contributed by atoms with Crippen molar-refractivity contribution in [2.75, 3.05) is 0 Å². The topological polar surface area (TPSA) is 17.1 Å². The molecule has 0 N–H and O–H groups in total. The Morgan fingerprint density at radius 1 is 0.955 bits per heavy atom. The molecule has 1 atom stereocenters. The number of hydrogen-bond donors (Lipinski definition) is 0. The van der Waals surface area contributed by atoms with Crippen molar-refractivity contribution in [1.82, 2.24) is 0 Å². The lowest BCUT2D eigenvalue weighted by molar-refractivity contribution is -0.193. The van der Waals surface area contributed by atoms with E-state index in [4.69, 9.17) is 0 Å². The molecule has 2 heteroatoms. The summed E-state index contributed by atoms with van der Waals surface area (Å²) in [5, 5.41) is 0. The lowest BCUT2D eigenvalue weighted by Gasteiger charge is -2.61. The van der Waals surface area contributed by atoms with Crippen molar-refractivity contribution < 1.29 is 9.18 Å². The second-order valence-corrected chi connectivity index (χ2v) is 8.44. The molecule has 2 spiro atoms. The van der Waals surface area contributed by atoms with Crippen molar-refractivity contribution in [3.63, 3.8) is 0 Å². The maximum atomic E-state index is 15.2. The molecule has 0 saturated heterocycles. The first kappa shape index (κ1) is 16.5. The third-order valence-corrected chi connectivity index (χ3v) is 7.41. The van der Waals surface area contributed by atoms with E-state index in [1.807, 2.05) is 0 Å². The second kappa shape index (κ2) is 6.24. The van der Waals surface area contributed by atoms with Gasteiger partial charge in [0.2, 0.25) is 0 Å². The van der Waals surface area contributed by atoms with E-state index in [0.29, 0.717) is 5.78 Å². The highest BCUT2D eigenvalue weighted by molar-refractivity contribution is 5.98. The predicted octanol–water partition coefficient (Wildman–Crippen LogP) is 5.86. The van der Waals surface area contributed by atoms with Crippen LogP contribution in [0.25, 0.3) is 0 Å². The van der Waals surface area contributed by atoms with Crippen LogP contribution in [-0.4, -0.2) is 12.0 Å². The Kier molecular flexibility index (Phi) is 4.67. The van der Waals surface area contributed by atoms with Crippen molar-refractivity contribution in [2.24, 2.45) is 22.7 Å². The zero-order valence-electron chi connectivity index (χ0n) is 14.5. The molecule has 1 nitrogen and oxygen atoms in total. The predicted molar refractivity (Wildman–Crippen MR) is 88.5 cm³/mol. The molecular weight excluding hydrogens is 275 g/mol. The van der Waals surface area contributed by atoms with Crippen LogP contribution in [0.5, 0.6) is 0 Å². The van der Waals surface area contributed by atoms with Crippen LogP contribution in [0.1, 0.15) is 90.9 Å². The molecule has 0 aromatic heterocycles. The summed E-state index contributed by atoms with van der Waals surface area (Å²) in [6, 6.07) is 0. The van der Waals surface area contributed by atoms with Crippen molar-refractivity contribution in [2.45, 2.75) is 97.1 Å². The average Bonchev–Trinajstić information content (AvgIpc) is 2.59. The normalized spacial score (nSPS) is 45.2. The number of unbranched alkanes of at least 4 members (excludes halogenated alkanes) is 1.